The highest BCUT2D eigenvalue weighted by molar-refractivity contribution is 5.78. The van der Waals surface area contributed by atoms with Gasteiger partial charge in [0, 0.05) is 11.8 Å². The zero-order chi connectivity index (χ0) is 13.6. The van der Waals surface area contributed by atoms with Crippen LogP contribution in [0.3, 0.4) is 0 Å². The molecule has 0 amide bonds. The molecular formula is C11H14N4O4. The van der Waals surface area contributed by atoms with Crippen molar-refractivity contribution in [1.82, 2.24) is 20.3 Å². The van der Waals surface area contributed by atoms with Crippen molar-refractivity contribution >= 4 is 11.0 Å². The summed E-state index contributed by atoms with van der Waals surface area (Å²) < 4.78 is 0. The molecule has 1 unspecified atom stereocenters. The van der Waals surface area contributed by atoms with Crippen LogP contribution >= 0.6 is 0 Å². The quantitative estimate of drug-likeness (QED) is 0.371. The molecule has 0 spiro atoms. The second-order valence-corrected chi connectivity index (χ2v) is 4.61. The summed E-state index contributed by atoms with van der Waals surface area (Å²) in [4.78, 5) is 20.9. The van der Waals surface area contributed by atoms with Crippen molar-refractivity contribution in [3.8, 4) is 0 Å². The number of nitrogens with zero attached hydrogens (tertiary/aromatic N) is 1. The lowest BCUT2D eigenvalue weighted by atomic mass is 10.0. The molecule has 102 valence electrons. The standard InChI is InChI=1S/C11H14N4O4/c16-2-5-9(17)10(18)7(15-5)4-1-12-8-6(4)13-3-14-11(8)19/h1,3,5,7,9-10,12,15-18H,2H2,(H,13,14,19)/t5?,7-,9+,10-/m0/s1. The predicted octanol–water partition coefficient (Wildman–Crippen LogP) is -2.02. The largest absolute Gasteiger partial charge is 0.395 e. The van der Waals surface area contributed by atoms with E-state index >= 15 is 0 Å². The maximum absolute atomic E-state index is 11.6. The summed E-state index contributed by atoms with van der Waals surface area (Å²) in [5.41, 5.74) is 1.03. The molecule has 2 aromatic heterocycles. The highest BCUT2D eigenvalue weighted by atomic mass is 16.3. The Morgan fingerprint density at radius 1 is 1.26 bits per heavy atom. The lowest BCUT2D eigenvalue weighted by Crippen LogP contribution is -2.35. The molecule has 8 nitrogen and oxygen atoms in total. The third-order valence-corrected chi connectivity index (χ3v) is 3.53. The van der Waals surface area contributed by atoms with Crippen molar-refractivity contribution in [1.29, 1.82) is 0 Å². The topological polar surface area (TPSA) is 134 Å². The molecule has 8 heteroatoms. The maximum Gasteiger partial charge on any atom is 0.275 e. The average molecular weight is 266 g/mol. The van der Waals surface area contributed by atoms with E-state index in [1.165, 1.54) is 6.33 Å². The predicted molar refractivity (Wildman–Crippen MR) is 65.5 cm³/mol. The molecule has 0 radical (unpaired) electrons. The second kappa shape index (κ2) is 4.42. The molecule has 0 aromatic carbocycles. The monoisotopic (exact) mass is 266 g/mol. The van der Waals surface area contributed by atoms with Crippen molar-refractivity contribution in [2.45, 2.75) is 24.3 Å². The van der Waals surface area contributed by atoms with Gasteiger partial charge in [0.15, 0.2) is 0 Å². The fraction of sp³-hybridized carbons (Fsp3) is 0.455. The first kappa shape index (κ1) is 12.3. The zero-order valence-electron chi connectivity index (χ0n) is 9.87. The minimum absolute atomic E-state index is 0.287. The van der Waals surface area contributed by atoms with E-state index < -0.39 is 24.3 Å². The molecule has 1 saturated heterocycles. The van der Waals surface area contributed by atoms with Crippen molar-refractivity contribution in [2.75, 3.05) is 6.61 Å². The van der Waals surface area contributed by atoms with Crippen LogP contribution in [0.2, 0.25) is 0 Å². The molecule has 0 saturated carbocycles. The molecule has 1 aliphatic rings. The molecule has 3 rings (SSSR count). The number of H-pyrrole nitrogens is 2. The first-order valence-corrected chi connectivity index (χ1v) is 5.91. The van der Waals surface area contributed by atoms with Gasteiger partial charge in [0.25, 0.3) is 5.56 Å². The summed E-state index contributed by atoms with van der Waals surface area (Å²) in [6.07, 6.45) is 0.711. The number of nitrogens with one attached hydrogen (secondary N) is 3. The summed E-state index contributed by atoms with van der Waals surface area (Å²) in [5.74, 6) is 0. The van der Waals surface area contributed by atoms with Crippen LogP contribution in [-0.2, 0) is 0 Å². The van der Waals surface area contributed by atoms with Crippen LogP contribution in [0.15, 0.2) is 17.3 Å². The van der Waals surface area contributed by atoms with E-state index in [9.17, 15) is 15.0 Å². The summed E-state index contributed by atoms with van der Waals surface area (Å²) >= 11 is 0. The minimum Gasteiger partial charge on any atom is -0.395 e. The van der Waals surface area contributed by atoms with Crippen LogP contribution in [0, 0.1) is 0 Å². The molecule has 0 aliphatic carbocycles. The van der Waals surface area contributed by atoms with Crippen molar-refractivity contribution in [3.63, 3.8) is 0 Å². The van der Waals surface area contributed by atoms with Gasteiger partial charge in [-0.2, -0.15) is 0 Å². The van der Waals surface area contributed by atoms with Gasteiger partial charge in [-0.15, -0.1) is 0 Å². The molecule has 1 aliphatic heterocycles. The van der Waals surface area contributed by atoms with Gasteiger partial charge in [0.05, 0.1) is 31.1 Å². The molecule has 4 atom stereocenters. The van der Waals surface area contributed by atoms with E-state index in [1.807, 2.05) is 0 Å². The Hall–Kier alpha value is -1.74. The van der Waals surface area contributed by atoms with E-state index in [0.717, 1.165) is 0 Å². The Morgan fingerprint density at radius 3 is 2.74 bits per heavy atom. The van der Waals surface area contributed by atoms with Gasteiger partial charge in [0.2, 0.25) is 0 Å². The van der Waals surface area contributed by atoms with E-state index in [4.69, 9.17) is 5.11 Å². The van der Waals surface area contributed by atoms with E-state index in [-0.39, 0.29) is 12.2 Å². The maximum atomic E-state index is 11.6. The Labute approximate surface area is 107 Å². The van der Waals surface area contributed by atoms with Crippen LogP contribution in [0.5, 0.6) is 0 Å². The number of rotatable bonds is 2. The molecule has 6 N–H and O–H groups in total. The Kier molecular flexibility index (Phi) is 2.86. The summed E-state index contributed by atoms with van der Waals surface area (Å²) in [5, 5.41) is 31.8. The van der Waals surface area contributed by atoms with Gasteiger partial charge in [-0.25, -0.2) is 4.98 Å². The van der Waals surface area contributed by atoms with Crippen molar-refractivity contribution in [3.05, 3.63) is 28.4 Å². The average Bonchev–Trinajstić information content (AvgIpc) is 2.94. The normalized spacial score (nSPS) is 31.1. The number of aromatic nitrogens is 3. The van der Waals surface area contributed by atoms with Gasteiger partial charge in [-0.05, 0) is 0 Å². The summed E-state index contributed by atoms with van der Waals surface area (Å²) in [6.45, 7) is -0.287. The van der Waals surface area contributed by atoms with Gasteiger partial charge < -0.3 is 30.6 Å². The first-order chi connectivity index (χ1) is 9.13. The number of aliphatic hydroxyl groups is 3. The van der Waals surface area contributed by atoms with Gasteiger partial charge in [0.1, 0.15) is 17.1 Å². The summed E-state index contributed by atoms with van der Waals surface area (Å²) in [6, 6.07) is -1.19. The molecule has 3 heterocycles. The highest BCUT2D eigenvalue weighted by Gasteiger charge is 2.42. The minimum atomic E-state index is -1.07. The first-order valence-electron chi connectivity index (χ1n) is 5.91. The SMILES string of the molecule is O=c1[nH]cnc2c([C@@H]3NC(CO)[C@@H](O)[C@H]3O)c[nH]c12. The third kappa shape index (κ3) is 1.77. The van der Waals surface area contributed by atoms with Crippen LogP contribution in [0.4, 0.5) is 0 Å². The Morgan fingerprint density at radius 2 is 2.05 bits per heavy atom. The third-order valence-electron chi connectivity index (χ3n) is 3.53. The van der Waals surface area contributed by atoms with Crippen LogP contribution < -0.4 is 10.9 Å². The van der Waals surface area contributed by atoms with E-state index in [0.29, 0.717) is 16.6 Å². The van der Waals surface area contributed by atoms with Crippen molar-refractivity contribution in [2.24, 2.45) is 0 Å². The molecular weight excluding hydrogens is 252 g/mol. The van der Waals surface area contributed by atoms with Gasteiger partial charge >= 0.3 is 0 Å². The van der Waals surface area contributed by atoms with E-state index in [2.05, 4.69) is 20.3 Å². The second-order valence-electron chi connectivity index (χ2n) is 4.61. The Bertz CT molecular complexity index is 651. The molecule has 0 bridgehead atoms. The van der Waals surface area contributed by atoms with E-state index in [1.54, 1.807) is 6.20 Å². The van der Waals surface area contributed by atoms with Crippen LogP contribution in [-0.4, -0.2) is 55.1 Å². The summed E-state index contributed by atoms with van der Waals surface area (Å²) in [7, 11) is 0. The molecule has 19 heavy (non-hydrogen) atoms. The number of aromatic amines is 2. The molecule has 1 fully saturated rings. The van der Waals surface area contributed by atoms with Gasteiger partial charge in [-0.3, -0.25) is 4.79 Å². The van der Waals surface area contributed by atoms with Gasteiger partial charge in [-0.1, -0.05) is 0 Å². The molecule has 2 aromatic rings. The van der Waals surface area contributed by atoms with Crippen LogP contribution in [0.25, 0.3) is 11.0 Å². The fourth-order valence-corrected chi connectivity index (χ4v) is 2.51. The number of hydrogen-bond donors (Lipinski definition) is 6. The zero-order valence-corrected chi connectivity index (χ0v) is 9.87. The lowest BCUT2D eigenvalue weighted by Gasteiger charge is -2.14. The van der Waals surface area contributed by atoms with Crippen LogP contribution in [0.1, 0.15) is 11.6 Å². The fourth-order valence-electron chi connectivity index (χ4n) is 2.51. The number of aliphatic hydroxyl groups excluding tert-OH is 3. The number of hydrogen-bond acceptors (Lipinski definition) is 6. The number of fused-ring (bicyclic) bond motifs is 1. The lowest BCUT2D eigenvalue weighted by molar-refractivity contribution is 0.0196. The highest BCUT2D eigenvalue weighted by Crippen LogP contribution is 2.30. The smallest absolute Gasteiger partial charge is 0.275 e. The van der Waals surface area contributed by atoms with Crippen molar-refractivity contribution < 1.29 is 15.3 Å². The Balaban J connectivity index is 2.06.